The number of aromatic hydroxyl groups is 2. The summed E-state index contributed by atoms with van der Waals surface area (Å²) in [5.74, 6) is -2.57. The lowest BCUT2D eigenvalue weighted by molar-refractivity contribution is -0.385. The molecule has 1 amide bonds. The Morgan fingerprint density at radius 3 is 2.70 bits per heavy atom. The molecule has 0 unspecified atom stereocenters. The summed E-state index contributed by atoms with van der Waals surface area (Å²) in [6, 6.07) is 1.76. The Morgan fingerprint density at radius 1 is 1.43 bits per heavy atom. The first kappa shape index (κ1) is 16.6. The lowest BCUT2D eigenvalue weighted by atomic mass is 10.2. The third-order valence-corrected chi connectivity index (χ3v) is 3.09. The molecule has 1 aromatic carbocycles. The monoisotopic (exact) mass is 325 g/mol. The summed E-state index contributed by atoms with van der Waals surface area (Å²) in [6.45, 7) is 2.43. The average Bonchev–Trinajstić information content (AvgIpc) is 2.87. The second kappa shape index (κ2) is 6.58. The van der Waals surface area contributed by atoms with Crippen molar-refractivity contribution in [3.05, 3.63) is 27.8 Å². The Morgan fingerprint density at radius 2 is 2.09 bits per heavy atom. The number of rotatable bonds is 5. The van der Waals surface area contributed by atoms with Gasteiger partial charge in [0.15, 0.2) is 11.5 Å². The van der Waals surface area contributed by atoms with E-state index < -0.39 is 33.8 Å². The number of nitrogens with one attached hydrogen (secondary N) is 1. The highest BCUT2D eigenvalue weighted by Crippen LogP contribution is 2.31. The van der Waals surface area contributed by atoms with Crippen LogP contribution in [0.3, 0.4) is 0 Å². The minimum atomic E-state index is -1.00. The lowest BCUT2D eigenvalue weighted by Crippen LogP contribution is -2.33. The van der Waals surface area contributed by atoms with Crippen molar-refractivity contribution in [2.45, 2.75) is 19.1 Å². The molecule has 3 N–H and O–H groups in total. The summed E-state index contributed by atoms with van der Waals surface area (Å²) in [4.78, 5) is 21.6. The highest BCUT2D eigenvalue weighted by Gasteiger charge is 2.33. The highest BCUT2D eigenvalue weighted by atomic mass is 16.7. The number of carbonyl (C=O) groups excluding carboxylic acids is 1. The van der Waals surface area contributed by atoms with E-state index in [4.69, 9.17) is 9.47 Å². The number of phenols is 2. The van der Waals surface area contributed by atoms with Gasteiger partial charge < -0.3 is 19.7 Å². The molecule has 0 aliphatic carbocycles. The van der Waals surface area contributed by atoms with Crippen LogP contribution in [0.25, 0.3) is 0 Å². The standard InChI is InChI=1S/C13H15N3O7/c1-13(22-2-3-23-13)6-12(19)15-14-7-8-4-9(16(20)21)11(18)5-10(8)17/h4-5,7,17-18H,2-3,6H2,1H3,(H,15,19)/b14-7+. The molecule has 0 saturated carbocycles. The maximum absolute atomic E-state index is 11.7. The van der Waals surface area contributed by atoms with E-state index in [1.807, 2.05) is 0 Å². The molecule has 0 bridgehead atoms. The molecule has 0 radical (unpaired) electrons. The highest BCUT2D eigenvalue weighted by molar-refractivity contribution is 5.86. The van der Waals surface area contributed by atoms with Gasteiger partial charge in [-0.1, -0.05) is 0 Å². The summed E-state index contributed by atoms with van der Waals surface area (Å²) in [7, 11) is 0. The van der Waals surface area contributed by atoms with Crippen molar-refractivity contribution in [2.24, 2.45) is 5.10 Å². The van der Waals surface area contributed by atoms with Crippen molar-refractivity contribution in [2.75, 3.05) is 13.2 Å². The number of hydrogen-bond acceptors (Lipinski definition) is 8. The molecule has 1 aliphatic heterocycles. The fraction of sp³-hybridized carbons (Fsp3) is 0.385. The summed E-state index contributed by atoms with van der Waals surface area (Å²) in [6.07, 6.45) is 0.949. The van der Waals surface area contributed by atoms with E-state index >= 15 is 0 Å². The molecule has 0 spiro atoms. The number of amides is 1. The zero-order valence-corrected chi connectivity index (χ0v) is 12.2. The van der Waals surface area contributed by atoms with Crippen LogP contribution in [0.15, 0.2) is 17.2 Å². The van der Waals surface area contributed by atoms with Gasteiger partial charge in [0.1, 0.15) is 5.75 Å². The van der Waals surface area contributed by atoms with Gasteiger partial charge in [-0.3, -0.25) is 14.9 Å². The van der Waals surface area contributed by atoms with E-state index in [1.165, 1.54) is 0 Å². The van der Waals surface area contributed by atoms with Gasteiger partial charge in [-0.2, -0.15) is 5.10 Å². The van der Waals surface area contributed by atoms with Crippen LogP contribution in [-0.2, 0) is 14.3 Å². The van der Waals surface area contributed by atoms with Crippen LogP contribution in [0.2, 0.25) is 0 Å². The summed E-state index contributed by atoms with van der Waals surface area (Å²) in [5, 5.41) is 33.3. The number of nitro groups is 1. The number of hydrazone groups is 1. The molecule has 0 aromatic heterocycles. The second-order valence-electron chi connectivity index (χ2n) is 4.96. The molecule has 1 saturated heterocycles. The Labute approximate surface area is 130 Å². The topological polar surface area (TPSA) is 144 Å². The zero-order chi connectivity index (χ0) is 17.0. The van der Waals surface area contributed by atoms with E-state index in [9.17, 15) is 25.1 Å². The minimum absolute atomic E-state index is 0.0330. The van der Waals surface area contributed by atoms with Crippen LogP contribution >= 0.6 is 0 Å². The second-order valence-corrected chi connectivity index (χ2v) is 4.96. The van der Waals surface area contributed by atoms with Gasteiger partial charge in [-0.15, -0.1) is 0 Å². The third-order valence-electron chi connectivity index (χ3n) is 3.09. The molecule has 2 rings (SSSR count). The normalized spacial score (nSPS) is 16.6. The summed E-state index contributed by atoms with van der Waals surface area (Å²) in [5.41, 5.74) is 1.58. The summed E-state index contributed by atoms with van der Waals surface area (Å²) >= 11 is 0. The van der Waals surface area contributed by atoms with Crippen molar-refractivity contribution < 1.29 is 29.4 Å². The van der Waals surface area contributed by atoms with E-state index in [2.05, 4.69) is 10.5 Å². The van der Waals surface area contributed by atoms with Crippen LogP contribution in [0, 0.1) is 10.1 Å². The quantitative estimate of drug-likeness (QED) is 0.408. The predicted molar refractivity (Wildman–Crippen MR) is 77.1 cm³/mol. The Kier molecular flexibility index (Phi) is 4.77. The molecular weight excluding hydrogens is 310 g/mol. The Balaban J connectivity index is 2.01. The number of benzene rings is 1. The van der Waals surface area contributed by atoms with Crippen LogP contribution in [0.1, 0.15) is 18.9 Å². The number of carbonyl (C=O) groups is 1. The number of phenolic OH excluding ortho intramolecular Hbond substituents is 2. The first-order valence-corrected chi connectivity index (χ1v) is 6.61. The fourth-order valence-corrected chi connectivity index (χ4v) is 2.00. The maximum atomic E-state index is 11.7. The Bertz CT molecular complexity index is 653. The van der Waals surface area contributed by atoms with Crippen molar-refractivity contribution in [3.8, 4) is 11.5 Å². The van der Waals surface area contributed by atoms with Crippen molar-refractivity contribution in [1.29, 1.82) is 0 Å². The maximum Gasteiger partial charge on any atom is 0.311 e. The number of hydrogen-bond donors (Lipinski definition) is 3. The van der Waals surface area contributed by atoms with Gasteiger partial charge in [0.2, 0.25) is 5.91 Å². The molecule has 1 fully saturated rings. The van der Waals surface area contributed by atoms with Gasteiger partial charge in [0.05, 0.1) is 30.8 Å². The van der Waals surface area contributed by atoms with Crippen molar-refractivity contribution >= 4 is 17.8 Å². The van der Waals surface area contributed by atoms with Gasteiger partial charge in [0, 0.05) is 17.7 Å². The number of nitrogens with zero attached hydrogens (tertiary/aromatic N) is 2. The van der Waals surface area contributed by atoms with E-state index in [-0.39, 0.29) is 12.0 Å². The first-order valence-electron chi connectivity index (χ1n) is 6.61. The van der Waals surface area contributed by atoms with Gasteiger partial charge in [-0.25, -0.2) is 5.43 Å². The fourth-order valence-electron chi connectivity index (χ4n) is 2.00. The van der Waals surface area contributed by atoms with Crippen molar-refractivity contribution in [1.82, 2.24) is 5.43 Å². The predicted octanol–water partition coefficient (Wildman–Crippen LogP) is 0.609. The molecule has 124 valence electrons. The minimum Gasteiger partial charge on any atom is -0.507 e. The smallest absolute Gasteiger partial charge is 0.311 e. The van der Waals surface area contributed by atoms with Gasteiger partial charge >= 0.3 is 5.69 Å². The molecule has 10 heteroatoms. The van der Waals surface area contributed by atoms with E-state index in [1.54, 1.807) is 6.92 Å². The molecule has 1 aromatic rings. The number of ether oxygens (including phenoxy) is 2. The third kappa shape index (κ3) is 4.14. The molecule has 10 nitrogen and oxygen atoms in total. The van der Waals surface area contributed by atoms with Crippen LogP contribution in [0.5, 0.6) is 11.5 Å². The largest absolute Gasteiger partial charge is 0.507 e. The van der Waals surface area contributed by atoms with Crippen LogP contribution < -0.4 is 5.43 Å². The molecule has 1 heterocycles. The average molecular weight is 325 g/mol. The van der Waals surface area contributed by atoms with Gasteiger partial charge in [-0.05, 0) is 6.92 Å². The molecular formula is C13H15N3O7. The van der Waals surface area contributed by atoms with Crippen LogP contribution in [-0.4, -0.2) is 46.3 Å². The summed E-state index contributed by atoms with van der Waals surface area (Å²) < 4.78 is 10.5. The molecule has 1 aliphatic rings. The molecule has 23 heavy (non-hydrogen) atoms. The first-order chi connectivity index (χ1) is 10.8. The van der Waals surface area contributed by atoms with Crippen molar-refractivity contribution in [3.63, 3.8) is 0 Å². The SMILES string of the molecule is CC1(CC(=O)N/N=C/c2cc([N+](=O)[O-])c(O)cc2O)OCCO1. The molecule has 0 atom stereocenters. The zero-order valence-electron chi connectivity index (χ0n) is 12.2. The van der Waals surface area contributed by atoms with E-state index in [0.717, 1.165) is 18.3 Å². The number of nitro benzene ring substituents is 1. The van der Waals surface area contributed by atoms with E-state index in [0.29, 0.717) is 13.2 Å². The van der Waals surface area contributed by atoms with Gasteiger partial charge in [0.25, 0.3) is 0 Å². The Hall–Kier alpha value is -2.72. The van der Waals surface area contributed by atoms with Crippen LogP contribution in [0.4, 0.5) is 5.69 Å². The lowest BCUT2D eigenvalue weighted by Gasteiger charge is -2.20.